The molecule has 1 heterocycles. The molecule has 0 saturated carbocycles. The van der Waals surface area contributed by atoms with Crippen molar-refractivity contribution >= 4 is 35.0 Å². The summed E-state index contributed by atoms with van der Waals surface area (Å²) in [7, 11) is 0. The molecule has 3 nitrogen and oxygen atoms in total. The van der Waals surface area contributed by atoms with Gasteiger partial charge in [0, 0.05) is 10.1 Å². The molecule has 1 aliphatic rings. The summed E-state index contributed by atoms with van der Waals surface area (Å²) < 4.78 is 5.38. The number of carbonyl (C=O) groups excluding carboxylic acids is 1. The predicted molar refractivity (Wildman–Crippen MR) is 85.9 cm³/mol. The molecule has 108 valence electrons. The lowest BCUT2D eigenvalue weighted by molar-refractivity contribution is 0.0508. The van der Waals surface area contributed by atoms with Crippen LogP contribution in [-0.2, 0) is 11.2 Å². The number of hydrogen-bond acceptors (Lipinski definition) is 4. The van der Waals surface area contributed by atoms with Crippen LogP contribution in [0.15, 0.2) is 47.4 Å². The summed E-state index contributed by atoms with van der Waals surface area (Å²) in [6.45, 7) is 0.365. The second kappa shape index (κ2) is 6.00. The van der Waals surface area contributed by atoms with E-state index in [-0.39, 0.29) is 10.9 Å². The fourth-order valence-electron chi connectivity index (χ4n) is 2.31. The van der Waals surface area contributed by atoms with Gasteiger partial charge in [-0.05, 0) is 30.2 Å². The number of fused-ring (bicyclic) bond motifs is 1. The van der Waals surface area contributed by atoms with Gasteiger partial charge in [0.05, 0.1) is 16.3 Å². The number of halogens is 1. The Kier molecular flexibility index (Phi) is 4.08. The van der Waals surface area contributed by atoms with Gasteiger partial charge in [-0.25, -0.2) is 4.79 Å². The van der Waals surface area contributed by atoms with E-state index in [1.807, 2.05) is 12.1 Å². The van der Waals surface area contributed by atoms with E-state index in [1.54, 1.807) is 30.0 Å². The Hall–Kier alpha value is -1.65. The Morgan fingerprint density at radius 1 is 1.29 bits per heavy atom. The molecule has 0 amide bonds. The largest absolute Gasteiger partial charge is 0.461 e. The molecule has 2 aromatic rings. The minimum Gasteiger partial charge on any atom is -0.461 e. The number of hydrogen-bond donors (Lipinski definition) is 1. The van der Waals surface area contributed by atoms with Gasteiger partial charge in [0.15, 0.2) is 0 Å². The Morgan fingerprint density at radius 2 is 2.10 bits per heavy atom. The van der Waals surface area contributed by atoms with Crippen molar-refractivity contribution in [3.05, 3.63) is 58.6 Å². The average molecular weight is 320 g/mol. The van der Waals surface area contributed by atoms with Crippen molar-refractivity contribution in [3.8, 4) is 0 Å². The summed E-state index contributed by atoms with van der Waals surface area (Å²) in [6.07, 6.45) is 0.916. The zero-order chi connectivity index (χ0) is 14.8. The van der Waals surface area contributed by atoms with Crippen LogP contribution in [0.25, 0.3) is 0 Å². The molecule has 1 atom stereocenters. The highest BCUT2D eigenvalue weighted by molar-refractivity contribution is 8.00. The highest BCUT2D eigenvalue weighted by Gasteiger charge is 2.23. The number of para-hydroxylation sites is 1. The van der Waals surface area contributed by atoms with Crippen molar-refractivity contribution in [2.75, 3.05) is 12.3 Å². The fourth-order valence-corrected chi connectivity index (χ4v) is 3.70. The molecule has 0 spiro atoms. The summed E-state index contributed by atoms with van der Waals surface area (Å²) in [4.78, 5) is 13.3. The van der Waals surface area contributed by atoms with Gasteiger partial charge in [0.1, 0.15) is 6.61 Å². The van der Waals surface area contributed by atoms with Crippen LogP contribution in [0.4, 0.5) is 5.69 Å². The van der Waals surface area contributed by atoms with E-state index < -0.39 is 5.97 Å². The van der Waals surface area contributed by atoms with Crippen molar-refractivity contribution in [2.24, 2.45) is 0 Å². The van der Waals surface area contributed by atoms with Gasteiger partial charge >= 0.3 is 5.97 Å². The first-order valence-electron chi connectivity index (χ1n) is 6.61. The molecule has 0 radical (unpaired) electrons. The Balaban J connectivity index is 1.62. The summed E-state index contributed by atoms with van der Waals surface area (Å²) in [5.74, 6) is -0.424. The molecular weight excluding hydrogens is 306 g/mol. The number of rotatable bonds is 3. The maximum Gasteiger partial charge on any atom is 0.340 e. The highest BCUT2D eigenvalue weighted by Crippen LogP contribution is 2.36. The molecule has 5 heteroatoms. The second-order valence-electron chi connectivity index (χ2n) is 4.85. The monoisotopic (exact) mass is 319 g/mol. The van der Waals surface area contributed by atoms with E-state index >= 15 is 0 Å². The highest BCUT2D eigenvalue weighted by atomic mass is 35.5. The summed E-state index contributed by atoms with van der Waals surface area (Å²) in [5, 5.41) is 0.624. The summed E-state index contributed by atoms with van der Waals surface area (Å²) in [5.41, 5.74) is 7.70. The van der Waals surface area contributed by atoms with Crippen LogP contribution in [-0.4, -0.2) is 17.8 Å². The van der Waals surface area contributed by atoms with Crippen LogP contribution >= 0.6 is 23.4 Å². The molecule has 21 heavy (non-hydrogen) atoms. The maximum atomic E-state index is 12.1. The average Bonchev–Trinajstić information content (AvgIpc) is 2.90. The second-order valence-corrected chi connectivity index (χ2v) is 6.60. The first-order chi connectivity index (χ1) is 10.1. The first kappa shape index (κ1) is 14.3. The molecule has 0 fully saturated rings. The van der Waals surface area contributed by atoms with Crippen molar-refractivity contribution in [1.82, 2.24) is 0 Å². The SMILES string of the molecule is Nc1c(Cl)cccc1C(=O)OCC1Cc2ccccc2S1. The van der Waals surface area contributed by atoms with Crippen LogP contribution in [0.1, 0.15) is 15.9 Å². The Morgan fingerprint density at radius 3 is 2.90 bits per heavy atom. The van der Waals surface area contributed by atoms with Crippen molar-refractivity contribution < 1.29 is 9.53 Å². The lowest BCUT2D eigenvalue weighted by Crippen LogP contribution is -2.16. The van der Waals surface area contributed by atoms with Crippen LogP contribution in [0, 0.1) is 0 Å². The van der Waals surface area contributed by atoms with Gasteiger partial charge in [0.2, 0.25) is 0 Å². The zero-order valence-corrected chi connectivity index (χ0v) is 12.8. The van der Waals surface area contributed by atoms with E-state index in [0.717, 1.165) is 6.42 Å². The van der Waals surface area contributed by atoms with Gasteiger partial charge < -0.3 is 10.5 Å². The smallest absolute Gasteiger partial charge is 0.340 e. The van der Waals surface area contributed by atoms with Gasteiger partial charge in [0.25, 0.3) is 0 Å². The molecule has 0 bridgehead atoms. The number of thioether (sulfide) groups is 1. The third-order valence-corrected chi connectivity index (χ3v) is 5.00. The first-order valence-corrected chi connectivity index (χ1v) is 7.86. The van der Waals surface area contributed by atoms with Gasteiger partial charge in [-0.15, -0.1) is 11.8 Å². The number of nitrogen functional groups attached to an aromatic ring is 1. The number of nitrogens with two attached hydrogens (primary N) is 1. The lowest BCUT2D eigenvalue weighted by atomic mass is 10.1. The number of benzene rings is 2. The van der Waals surface area contributed by atoms with E-state index in [1.165, 1.54) is 10.5 Å². The van der Waals surface area contributed by atoms with Crippen molar-refractivity contribution in [2.45, 2.75) is 16.6 Å². The molecule has 0 saturated heterocycles. The van der Waals surface area contributed by atoms with Crippen molar-refractivity contribution in [1.29, 1.82) is 0 Å². The van der Waals surface area contributed by atoms with Crippen LogP contribution in [0.3, 0.4) is 0 Å². The molecule has 0 aromatic heterocycles. The van der Waals surface area contributed by atoms with Crippen LogP contribution < -0.4 is 5.73 Å². The molecule has 0 aliphatic carbocycles. The number of esters is 1. The molecule has 1 unspecified atom stereocenters. The third kappa shape index (κ3) is 3.01. The van der Waals surface area contributed by atoms with E-state index in [0.29, 0.717) is 17.2 Å². The normalized spacial score (nSPS) is 16.5. The molecule has 3 rings (SSSR count). The van der Waals surface area contributed by atoms with E-state index in [4.69, 9.17) is 22.1 Å². The van der Waals surface area contributed by atoms with Crippen molar-refractivity contribution in [3.63, 3.8) is 0 Å². The lowest BCUT2D eigenvalue weighted by Gasteiger charge is -2.11. The minimum absolute atomic E-state index is 0.256. The molecule has 2 aromatic carbocycles. The third-order valence-electron chi connectivity index (χ3n) is 3.39. The minimum atomic E-state index is -0.424. The number of ether oxygens (including phenoxy) is 1. The molecule has 1 aliphatic heterocycles. The van der Waals surface area contributed by atoms with E-state index in [2.05, 4.69) is 12.1 Å². The fraction of sp³-hybridized carbons (Fsp3) is 0.188. The quantitative estimate of drug-likeness (QED) is 0.690. The van der Waals surface area contributed by atoms with Gasteiger partial charge in [-0.3, -0.25) is 0 Å². The Bertz CT molecular complexity index is 665. The standard InChI is InChI=1S/C16H14ClNO2S/c17-13-6-3-5-12(15(13)18)16(19)20-9-11-8-10-4-1-2-7-14(10)21-11/h1-7,11H,8-9,18H2. The number of carbonyl (C=O) groups is 1. The van der Waals surface area contributed by atoms with Crippen LogP contribution in [0.5, 0.6) is 0 Å². The predicted octanol–water partition coefficient (Wildman–Crippen LogP) is 3.80. The molecular formula is C16H14ClNO2S. The summed E-state index contributed by atoms with van der Waals surface area (Å²) in [6, 6.07) is 13.2. The Labute approximate surface area is 132 Å². The topological polar surface area (TPSA) is 52.3 Å². The summed E-state index contributed by atoms with van der Waals surface area (Å²) >= 11 is 7.66. The number of anilines is 1. The zero-order valence-electron chi connectivity index (χ0n) is 11.2. The van der Waals surface area contributed by atoms with Crippen LogP contribution in [0.2, 0.25) is 5.02 Å². The van der Waals surface area contributed by atoms with E-state index in [9.17, 15) is 4.79 Å². The maximum absolute atomic E-state index is 12.1. The van der Waals surface area contributed by atoms with Gasteiger partial charge in [-0.1, -0.05) is 35.9 Å². The van der Waals surface area contributed by atoms with Gasteiger partial charge in [-0.2, -0.15) is 0 Å². The molecule has 2 N–H and O–H groups in total.